The van der Waals surface area contributed by atoms with Crippen molar-refractivity contribution in [2.45, 2.75) is 25.2 Å². The van der Waals surface area contributed by atoms with Crippen LogP contribution in [-0.4, -0.2) is 39.8 Å². The Morgan fingerprint density at radius 2 is 1.78 bits per heavy atom. The van der Waals surface area contributed by atoms with Gasteiger partial charge in [0, 0.05) is 37.0 Å². The van der Waals surface area contributed by atoms with Crippen molar-refractivity contribution in [3.63, 3.8) is 0 Å². The van der Waals surface area contributed by atoms with E-state index in [0.29, 0.717) is 35.6 Å². The molecule has 0 aliphatic carbocycles. The maximum atomic E-state index is 14.2. The van der Waals surface area contributed by atoms with Crippen LogP contribution in [0.4, 0.5) is 4.39 Å². The van der Waals surface area contributed by atoms with Crippen molar-refractivity contribution in [2.75, 3.05) is 7.05 Å². The zero-order valence-electron chi connectivity index (χ0n) is 19.5. The van der Waals surface area contributed by atoms with E-state index in [1.807, 2.05) is 42.5 Å². The number of oxime groups is 1. The van der Waals surface area contributed by atoms with Crippen molar-refractivity contribution < 1.29 is 24.3 Å². The molecule has 1 aliphatic rings. The van der Waals surface area contributed by atoms with Crippen molar-refractivity contribution >= 4 is 29.2 Å². The first-order valence-corrected chi connectivity index (χ1v) is 11.7. The molecule has 1 atom stereocenters. The van der Waals surface area contributed by atoms with Gasteiger partial charge in [-0.15, -0.1) is 0 Å². The molecule has 8 heteroatoms. The number of nitrogens with zero attached hydrogens (tertiary/aromatic N) is 2. The average molecular weight is 507 g/mol. The molecule has 6 nitrogen and oxygen atoms in total. The van der Waals surface area contributed by atoms with E-state index in [0.717, 1.165) is 22.3 Å². The number of hydrogen-bond acceptors (Lipinski definition) is 4. The predicted molar refractivity (Wildman–Crippen MR) is 136 cm³/mol. The number of halogens is 2. The van der Waals surface area contributed by atoms with E-state index in [1.54, 1.807) is 25.4 Å². The zero-order chi connectivity index (χ0) is 25.8. The third kappa shape index (κ3) is 5.31. The van der Waals surface area contributed by atoms with E-state index < -0.39 is 11.8 Å². The van der Waals surface area contributed by atoms with E-state index in [2.05, 4.69) is 5.16 Å². The standard InChI is InChI=1S/C28H24ClFN2O4/c1-32-16-20(11-13-27(32)33)26(31-36)15-23(21-4-2-3-5-24(21)29)18-8-6-17(7-9-18)19-10-12-22(28(34)35)25(30)14-19/h2-10,12,14,16,23,36H,11,13,15H2,1H3,(H,34,35)/b31-26+. The summed E-state index contributed by atoms with van der Waals surface area (Å²) in [6.07, 6.45) is 2.86. The molecule has 184 valence electrons. The van der Waals surface area contributed by atoms with E-state index >= 15 is 0 Å². The lowest BCUT2D eigenvalue weighted by Gasteiger charge is -2.24. The first-order chi connectivity index (χ1) is 17.3. The molecule has 1 aliphatic heterocycles. The summed E-state index contributed by atoms with van der Waals surface area (Å²) in [5.74, 6) is -2.37. The van der Waals surface area contributed by atoms with E-state index in [-0.39, 0.29) is 17.4 Å². The number of carboxylic acid groups (broad SMARTS) is 1. The minimum atomic E-state index is -1.32. The maximum Gasteiger partial charge on any atom is 0.338 e. The van der Waals surface area contributed by atoms with Crippen molar-refractivity contribution in [3.05, 3.63) is 106 Å². The number of carboxylic acids is 1. The van der Waals surface area contributed by atoms with Crippen molar-refractivity contribution in [1.29, 1.82) is 0 Å². The van der Waals surface area contributed by atoms with Crippen LogP contribution in [0.5, 0.6) is 0 Å². The second kappa shape index (κ2) is 10.7. The number of hydrogen-bond donors (Lipinski definition) is 2. The van der Waals surface area contributed by atoms with E-state index in [4.69, 9.17) is 16.7 Å². The first-order valence-electron chi connectivity index (χ1n) is 11.3. The Morgan fingerprint density at radius 1 is 1.08 bits per heavy atom. The lowest BCUT2D eigenvalue weighted by atomic mass is 9.84. The molecule has 0 spiro atoms. The summed E-state index contributed by atoms with van der Waals surface area (Å²) >= 11 is 6.55. The summed E-state index contributed by atoms with van der Waals surface area (Å²) in [4.78, 5) is 24.5. The highest BCUT2D eigenvalue weighted by Gasteiger charge is 2.25. The van der Waals surface area contributed by atoms with Gasteiger partial charge in [-0.3, -0.25) is 4.79 Å². The number of carbonyl (C=O) groups is 2. The third-order valence-electron chi connectivity index (χ3n) is 6.37. The van der Waals surface area contributed by atoms with Crippen LogP contribution in [0.1, 0.15) is 46.7 Å². The smallest absolute Gasteiger partial charge is 0.338 e. The molecule has 0 saturated carbocycles. The number of aromatic carboxylic acids is 1. The normalized spacial score (nSPS) is 15.0. The Hall–Kier alpha value is -3.97. The molecular formula is C28H24ClFN2O4. The van der Waals surface area contributed by atoms with Gasteiger partial charge in [-0.2, -0.15) is 0 Å². The summed E-state index contributed by atoms with van der Waals surface area (Å²) in [6.45, 7) is 0. The van der Waals surface area contributed by atoms with Gasteiger partial charge in [0.25, 0.3) is 0 Å². The fourth-order valence-electron chi connectivity index (χ4n) is 4.38. The quantitative estimate of drug-likeness (QED) is 0.222. The molecule has 0 radical (unpaired) electrons. The molecule has 0 saturated heterocycles. The number of benzene rings is 3. The van der Waals surface area contributed by atoms with Gasteiger partial charge in [0.05, 0.1) is 11.3 Å². The number of rotatable bonds is 7. The van der Waals surface area contributed by atoms with Gasteiger partial charge in [0.1, 0.15) is 5.82 Å². The Labute approximate surface area is 212 Å². The van der Waals surface area contributed by atoms with Crippen molar-refractivity contribution in [3.8, 4) is 11.1 Å². The highest BCUT2D eigenvalue weighted by atomic mass is 35.5. The van der Waals surface area contributed by atoms with Crippen LogP contribution in [0.25, 0.3) is 11.1 Å². The van der Waals surface area contributed by atoms with Crippen LogP contribution in [0.3, 0.4) is 0 Å². The SMILES string of the molecule is CN1C=C(/C(CC(c2ccc(-c3ccc(C(=O)O)c(F)c3)cc2)c2ccccc2Cl)=N/O)CCC1=O. The van der Waals surface area contributed by atoms with Crippen LogP contribution in [0.15, 0.2) is 83.7 Å². The second-order valence-corrected chi connectivity index (χ2v) is 9.01. The number of amides is 1. The number of carbonyl (C=O) groups excluding carboxylic acids is 1. The molecule has 3 aromatic rings. The molecule has 2 N–H and O–H groups in total. The van der Waals surface area contributed by atoms with Gasteiger partial charge in [-0.1, -0.05) is 65.3 Å². The average Bonchev–Trinajstić information content (AvgIpc) is 2.87. The fraction of sp³-hybridized carbons (Fsp3) is 0.179. The highest BCUT2D eigenvalue weighted by molar-refractivity contribution is 6.31. The van der Waals surface area contributed by atoms with Gasteiger partial charge in [0.15, 0.2) is 0 Å². The number of allylic oxidation sites excluding steroid dienone is 1. The second-order valence-electron chi connectivity index (χ2n) is 8.61. The molecule has 36 heavy (non-hydrogen) atoms. The molecule has 0 fully saturated rings. The van der Waals surface area contributed by atoms with Gasteiger partial charge < -0.3 is 15.2 Å². The van der Waals surface area contributed by atoms with Crippen LogP contribution >= 0.6 is 11.6 Å². The molecule has 1 unspecified atom stereocenters. The van der Waals surface area contributed by atoms with Crippen molar-refractivity contribution in [2.24, 2.45) is 5.16 Å². The highest BCUT2D eigenvalue weighted by Crippen LogP contribution is 2.36. The molecular weight excluding hydrogens is 483 g/mol. The molecule has 1 heterocycles. The van der Waals surface area contributed by atoms with Gasteiger partial charge in [0.2, 0.25) is 5.91 Å². The van der Waals surface area contributed by atoms with Gasteiger partial charge >= 0.3 is 5.97 Å². The molecule has 3 aromatic carbocycles. The van der Waals surface area contributed by atoms with Crippen LogP contribution < -0.4 is 0 Å². The summed E-state index contributed by atoms with van der Waals surface area (Å²) in [6, 6.07) is 18.9. The van der Waals surface area contributed by atoms with Gasteiger partial charge in [-0.05, 0) is 52.4 Å². The predicted octanol–water partition coefficient (Wildman–Crippen LogP) is 6.33. The van der Waals surface area contributed by atoms with Crippen LogP contribution in [0.2, 0.25) is 5.02 Å². The van der Waals surface area contributed by atoms with E-state index in [1.165, 1.54) is 17.0 Å². The summed E-state index contributed by atoms with van der Waals surface area (Å²) in [5, 5.41) is 23.1. The zero-order valence-corrected chi connectivity index (χ0v) is 20.2. The lowest BCUT2D eigenvalue weighted by Crippen LogP contribution is -2.27. The molecule has 0 aromatic heterocycles. The third-order valence-corrected chi connectivity index (χ3v) is 6.71. The fourth-order valence-corrected chi connectivity index (χ4v) is 4.65. The maximum absolute atomic E-state index is 14.2. The summed E-state index contributed by atoms with van der Waals surface area (Å²) < 4.78 is 14.2. The Morgan fingerprint density at radius 3 is 2.39 bits per heavy atom. The topological polar surface area (TPSA) is 90.2 Å². The van der Waals surface area contributed by atoms with E-state index in [9.17, 15) is 19.2 Å². The molecule has 4 rings (SSSR count). The molecule has 0 bridgehead atoms. The Kier molecular flexibility index (Phi) is 7.50. The first kappa shape index (κ1) is 25.1. The van der Waals surface area contributed by atoms with Crippen molar-refractivity contribution in [1.82, 2.24) is 4.90 Å². The van der Waals surface area contributed by atoms with Crippen LogP contribution in [-0.2, 0) is 4.79 Å². The lowest BCUT2D eigenvalue weighted by molar-refractivity contribution is -0.128. The molecule has 1 amide bonds. The Bertz CT molecular complexity index is 1370. The minimum absolute atomic E-state index is 0.00195. The summed E-state index contributed by atoms with van der Waals surface area (Å²) in [5.41, 5.74) is 3.89. The summed E-state index contributed by atoms with van der Waals surface area (Å²) in [7, 11) is 1.67. The monoisotopic (exact) mass is 506 g/mol. The largest absolute Gasteiger partial charge is 0.478 e. The minimum Gasteiger partial charge on any atom is -0.478 e. The van der Waals surface area contributed by atoms with Gasteiger partial charge in [-0.25, -0.2) is 9.18 Å². The Balaban J connectivity index is 1.69. The van der Waals surface area contributed by atoms with Crippen LogP contribution in [0, 0.1) is 5.82 Å².